The number of nitrogens with zero attached hydrogens (tertiary/aromatic N) is 2. The minimum Gasteiger partial charge on any atom is -0.466 e. The molecule has 29 heavy (non-hydrogen) atoms. The Bertz CT molecular complexity index is 813. The van der Waals surface area contributed by atoms with E-state index in [-0.39, 0.29) is 23.3 Å². The minimum atomic E-state index is -0.678. The molecule has 0 saturated heterocycles. The number of ether oxygens (including phenoxy) is 1. The van der Waals surface area contributed by atoms with Gasteiger partial charge in [0.05, 0.1) is 17.9 Å². The van der Waals surface area contributed by atoms with Gasteiger partial charge in [0, 0.05) is 17.3 Å². The molecule has 1 heterocycles. The summed E-state index contributed by atoms with van der Waals surface area (Å²) in [5.41, 5.74) is -0.0843. The third-order valence-corrected chi connectivity index (χ3v) is 8.04. The summed E-state index contributed by atoms with van der Waals surface area (Å²) in [7, 11) is 0. The van der Waals surface area contributed by atoms with Crippen LogP contribution in [0.15, 0.2) is 11.2 Å². The second-order valence-corrected chi connectivity index (χ2v) is 10.9. The van der Waals surface area contributed by atoms with E-state index in [0.717, 1.165) is 29.5 Å². The van der Waals surface area contributed by atoms with Crippen LogP contribution in [0.4, 0.5) is 0 Å². The van der Waals surface area contributed by atoms with E-state index in [1.807, 2.05) is 27.7 Å². The van der Waals surface area contributed by atoms with Crippen molar-refractivity contribution < 1.29 is 14.3 Å². The molecule has 5 nitrogen and oxygen atoms in total. The molecule has 0 bridgehead atoms. The SMILES string of the molecule is CCCCc1cn(C(C)(C)C)sc1=NC(=O)[C@]1(C)CC[C@H](C(=O)OCC)C1(C)C. The molecule has 164 valence electrons. The molecule has 2 rings (SSSR count). The number of aryl methyl sites for hydroxylation is 1. The van der Waals surface area contributed by atoms with Crippen molar-refractivity contribution in [3.8, 4) is 0 Å². The lowest BCUT2D eigenvalue weighted by Crippen LogP contribution is -2.43. The molecule has 0 aliphatic heterocycles. The molecule has 0 unspecified atom stereocenters. The smallest absolute Gasteiger partial charge is 0.309 e. The average Bonchev–Trinajstić information content (AvgIpc) is 3.12. The van der Waals surface area contributed by atoms with Gasteiger partial charge in [0.2, 0.25) is 0 Å². The van der Waals surface area contributed by atoms with Gasteiger partial charge in [-0.2, -0.15) is 0 Å². The maximum absolute atomic E-state index is 13.4. The van der Waals surface area contributed by atoms with Crippen molar-refractivity contribution in [2.75, 3.05) is 6.61 Å². The molecule has 6 heteroatoms. The van der Waals surface area contributed by atoms with E-state index in [0.29, 0.717) is 19.4 Å². The van der Waals surface area contributed by atoms with Crippen molar-refractivity contribution in [2.24, 2.45) is 21.7 Å². The van der Waals surface area contributed by atoms with Crippen molar-refractivity contribution in [2.45, 2.75) is 93.0 Å². The van der Waals surface area contributed by atoms with Crippen LogP contribution in [0.5, 0.6) is 0 Å². The van der Waals surface area contributed by atoms with Gasteiger partial charge in [-0.25, -0.2) is 4.99 Å². The number of carbonyl (C=O) groups is 2. The van der Waals surface area contributed by atoms with Crippen LogP contribution in [0.1, 0.15) is 86.6 Å². The first-order chi connectivity index (χ1) is 13.4. The summed E-state index contributed by atoms with van der Waals surface area (Å²) in [6, 6.07) is 0. The predicted octanol–water partition coefficient (Wildman–Crippen LogP) is 5.08. The van der Waals surface area contributed by atoms with Gasteiger partial charge in [0.15, 0.2) is 0 Å². The molecule has 1 saturated carbocycles. The first kappa shape index (κ1) is 23.8. The Morgan fingerprint density at radius 2 is 1.93 bits per heavy atom. The lowest BCUT2D eigenvalue weighted by Gasteiger charge is -2.38. The maximum Gasteiger partial charge on any atom is 0.309 e. The monoisotopic (exact) mass is 422 g/mol. The first-order valence-corrected chi connectivity index (χ1v) is 11.6. The predicted molar refractivity (Wildman–Crippen MR) is 118 cm³/mol. The number of hydrogen-bond acceptors (Lipinski definition) is 4. The van der Waals surface area contributed by atoms with E-state index >= 15 is 0 Å². The lowest BCUT2D eigenvalue weighted by molar-refractivity contribution is -0.153. The molecule has 1 aliphatic carbocycles. The van der Waals surface area contributed by atoms with Crippen LogP contribution in [0.3, 0.4) is 0 Å². The second kappa shape index (κ2) is 8.75. The number of aromatic nitrogens is 1. The zero-order chi connectivity index (χ0) is 22.0. The Kier molecular flexibility index (Phi) is 7.19. The van der Waals surface area contributed by atoms with E-state index in [9.17, 15) is 9.59 Å². The normalized spacial score (nSPS) is 24.7. The van der Waals surface area contributed by atoms with Crippen LogP contribution in [0, 0.1) is 16.7 Å². The topological polar surface area (TPSA) is 60.7 Å². The fraction of sp³-hybridized carbons (Fsp3) is 0.783. The van der Waals surface area contributed by atoms with E-state index in [1.54, 1.807) is 11.5 Å². The molecule has 1 aromatic heterocycles. The quantitative estimate of drug-likeness (QED) is 0.601. The molecule has 1 fully saturated rings. The van der Waals surface area contributed by atoms with Crippen molar-refractivity contribution >= 4 is 23.4 Å². The van der Waals surface area contributed by atoms with Gasteiger partial charge in [-0.05, 0) is 70.3 Å². The van der Waals surface area contributed by atoms with E-state index in [4.69, 9.17) is 4.74 Å². The highest BCUT2D eigenvalue weighted by atomic mass is 32.1. The summed E-state index contributed by atoms with van der Waals surface area (Å²) in [5, 5.41) is 0. The summed E-state index contributed by atoms with van der Waals surface area (Å²) < 4.78 is 8.28. The van der Waals surface area contributed by atoms with Crippen LogP contribution >= 0.6 is 11.5 Å². The number of unbranched alkanes of at least 4 members (excludes halogenated alkanes) is 1. The fourth-order valence-electron chi connectivity index (χ4n) is 4.09. The largest absolute Gasteiger partial charge is 0.466 e. The third kappa shape index (κ3) is 4.68. The molecule has 1 amide bonds. The second-order valence-electron chi connectivity index (χ2n) is 9.97. The summed E-state index contributed by atoms with van der Waals surface area (Å²) in [6.07, 6.45) is 6.57. The number of rotatable bonds is 6. The minimum absolute atomic E-state index is 0.0476. The van der Waals surface area contributed by atoms with E-state index in [1.165, 1.54) is 0 Å². The zero-order valence-electron chi connectivity index (χ0n) is 19.4. The van der Waals surface area contributed by atoms with Gasteiger partial charge >= 0.3 is 5.97 Å². The van der Waals surface area contributed by atoms with Crippen LogP contribution in [-0.2, 0) is 26.3 Å². The molecular weight excluding hydrogens is 384 g/mol. The molecule has 2 atom stereocenters. The van der Waals surface area contributed by atoms with Gasteiger partial charge < -0.3 is 4.74 Å². The summed E-state index contributed by atoms with van der Waals surface area (Å²) in [4.78, 5) is 30.5. The molecule has 0 aromatic carbocycles. The number of carbonyl (C=O) groups excluding carboxylic acids is 2. The van der Waals surface area contributed by atoms with Gasteiger partial charge in [0.1, 0.15) is 4.67 Å². The number of amides is 1. The van der Waals surface area contributed by atoms with Gasteiger partial charge in [-0.1, -0.05) is 34.1 Å². The molecule has 0 spiro atoms. The van der Waals surface area contributed by atoms with Gasteiger partial charge in [0.25, 0.3) is 5.91 Å². The van der Waals surface area contributed by atoms with Crippen molar-refractivity contribution in [1.82, 2.24) is 3.96 Å². The number of esters is 1. The van der Waals surface area contributed by atoms with Gasteiger partial charge in [-0.15, -0.1) is 0 Å². The van der Waals surface area contributed by atoms with Crippen molar-refractivity contribution in [3.63, 3.8) is 0 Å². The Balaban J connectivity index is 2.43. The summed E-state index contributed by atoms with van der Waals surface area (Å²) in [6.45, 7) is 16.8. The van der Waals surface area contributed by atoms with Crippen molar-refractivity contribution in [1.29, 1.82) is 0 Å². The Morgan fingerprint density at radius 1 is 1.28 bits per heavy atom. The molecule has 1 aromatic rings. The summed E-state index contributed by atoms with van der Waals surface area (Å²) >= 11 is 1.56. The van der Waals surface area contributed by atoms with E-state index < -0.39 is 10.8 Å². The van der Waals surface area contributed by atoms with Crippen LogP contribution in [0.25, 0.3) is 0 Å². The Labute approximate surface area is 179 Å². The Hall–Kier alpha value is -1.43. The molecule has 1 aliphatic rings. The van der Waals surface area contributed by atoms with Gasteiger partial charge in [-0.3, -0.25) is 13.5 Å². The van der Waals surface area contributed by atoms with E-state index in [2.05, 4.69) is 42.8 Å². The summed E-state index contributed by atoms with van der Waals surface area (Å²) in [5.74, 6) is -0.580. The Morgan fingerprint density at radius 3 is 2.48 bits per heavy atom. The zero-order valence-corrected chi connectivity index (χ0v) is 20.2. The average molecular weight is 423 g/mol. The fourth-order valence-corrected chi connectivity index (χ4v) is 5.13. The lowest BCUT2D eigenvalue weighted by atomic mass is 9.65. The van der Waals surface area contributed by atoms with Crippen LogP contribution in [0.2, 0.25) is 0 Å². The highest BCUT2D eigenvalue weighted by Gasteiger charge is 2.58. The highest BCUT2D eigenvalue weighted by Crippen LogP contribution is 2.56. The van der Waals surface area contributed by atoms with Crippen molar-refractivity contribution in [3.05, 3.63) is 16.4 Å². The molecular formula is C23H38N2O3S. The first-order valence-electron chi connectivity index (χ1n) is 10.9. The number of hydrogen-bond donors (Lipinski definition) is 0. The van der Waals surface area contributed by atoms with Crippen LogP contribution < -0.4 is 4.67 Å². The maximum atomic E-state index is 13.4. The highest BCUT2D eigenvalue weighted by molar-refractivity contribution is 7.04. The molecule has 0 N–H and O–H groups in total. The standard InChI is InChI=1S/C23H38N2O3S/c1-9-11-12-16-15-25(21(3,4)5)29-18(16)24-20(27)23(8)14-13-17(22(23,6)7)19(26)28-10-2/h15,17H,9-14H2,1-8H3/t17-,23+/m1/s1. The third-order valence-electron chi connectivity index (χ3n) is 6.67. The molecule has 0 radical (unpaired) electrons. The van der Waals surface area contributed by atoms with Crippen LogP contribution in [-0.4, -0.2) is 22.4 Å².